The minimum Gasteiger partial charge on any atom is -0.392 e. The minimum atomic E-state index is -0.185. The van der Waals surface area contributed by atoms with Crippen LogP contribution in [0, 0.1) is 11.3 Å². The molecule has 2 N–H and O–H groups in total. The molecular weight excluding hydrogens is 238 g/mol. The first-order chi connectivity index (χ1) is 9.29. The number of hydrogen-bond donors (Lipinski definition) is 2. The molecule has 1 saturated heterocycles. The molecule has 0 spiro atoms. The van der Waals surface area contributed by atoms with Crippen LogP contribution in [0.2, 0.25) is 0 Å². The zero-order chi connectivity index (χ0) is 13.5. The molecule has 1 fully saturated rings. The fraction of sp³-hybridized carbons (Fsp3) is 0.533. The van der Waals surface area contributed by atoms with E-state index >= 15 is 0 Å². The van der Waals surface area contributed by atoms with Gasteiger partial charge in [0.2, 0.25) is 0 Å². The van der Waals surface area contributed by atoms with Gasteiger partial charge in [-0.1, -0.05) is 30.3 Å². The summed E-state index contributed by atoms with van der Waals surface area (Å²) in [6.07, 6.45) is 1.20. The normalized spacial score (nSPS) is 21.2. The van der Waals surface area contributed by atoms with Crippen LogP contribution >= 0.6 is 0 Å². The van der Waals surface area contributed by atoms with E-state index in [9.17, 15) is 5.11 Å². The van der Waals surface area contributed by atoms with Crippen molar-refractivity contribution in [2.24, 2.45) is 0 Å². The molecule has 1 aromatic rings. The highest BCUT2D eigenvalue weighted by atomic mass is 16.3. The molecule has 2 rings (SSSR count). The van der Waals surface area contributed by atoms with Crippen molar-refractivity contribution in [3.8, 4) is 6.07 Å². The third kappa shape index (κ3) is 4.32. The Morgan fingerprint density at radius 3 is 2.84 bits per heavy atom. The largest absolute Gasteiger partial charge is 0.392 e. The van der Waals surface area contributed by atoms with Gasteiger partial charge in [0.25, 0.3) is 0 Å². The van der Waals surface area contributed by atoms with Crippen LogP contribution in [0.5, 0.6) is 0 Å². The summed E-state index contributed by atoms with van der Waals surface area (Å²) in [7, 11) is 0. The monoisotopic (exact) mass is 259 g/mol. The molecule has 2 atom stereocenters. The van der Waals surface area contributed by atoms with Crippen molar-refractivity contribution in [1.82, 2.24) is 10.2 Å². The second-order valence-corrected chi connectivity index (χ2v) is 5.03. The summed E-state index contributed by atoms with van der Waals surface area (Å²) in [5.41, 5.74) is 1.24. The van der Waals surface area contributed by atoms with E-state index < -0.39 is 0 Å². The summed E-state index contributed by atoms with van der Waals surface area (Å²) >= 11 is 0. The predicted molar refractivity (Wildman–Crippen MR) is 74.5 cm³/mol. The second kappa shape index (κ2) is 7.25. The van der Waals surface area contributed by atoms with Gasteiger partial charge in [-0.2, -0.15) is 5.26 Å². The zero-order valence-corrected chi connectivity index (χ0v) is 11.1. The van der Waals surface area contributed by atoms with Gasteiger partial charge >= 0.3 is 0 Å². The van der Waals surface area contributed by atoms with Crippen LogP contribution in [-0.4, -0.2) is 42.3 Å². The molecule has 4 heteroatoms. The molecule has 0 amide bonds. The number of likely N-dealkylation sites (tertiary alicyclic amines) is 1. The van der Waals surface area contributed by atoms with Gasteiger partial charge in [-0.15, -0.1) is 0 Å². The molecule has 1 aliphatic heterocycles. The van der Waals surface area contributed by atoms with E-state index in [1.165, 1.54) is 5.56 Å². The maximum atomic E-state index is 9.59. The quantitative estimate of drug-likeness (QED) is 0.756. The number of β-amino-alcohol motifs (C(OH)–C–C–N with tert-alkyl or cyclic N) is 1. The maximum absolute atomic E-state index is 9.59. The number of aliphatic hydroxyl groups excluding tert-OH is 1. The van der Waals surface area contributed by atoms with Crippen LogP contribution in [0.25, 0.3) is 0 Å². The Hall–Kier alpha value is -1.41. The van der Waals surface area contributed by atoms with Gasteiger partial charge in [-0.3, -0.25) is 4.90 Å². The molecule has 0 saturated carbocycles. The first-order valence-corrected chi connectivity index (χ1v) is 6.85. The lowest BCUT2D eigenvalue weighted by atomic mass is 10.1. The molecule has 4 nitrogen and oxygen atoms in total. The Morgan fingerprint density at radius 1 is 1.42 bits per heavy atom. The molecule has 1 aliphatic rings. The van der Waals surface area contributed by atoms with Crippen LogP contribution in [0.3, 0.4) is 0 Å². The molecule has 0 aromatic heterocycles. The Kier molecular flexibility index (Phi) is 5.34. The molecule has 0 bridgehead atoms. The number of benzene rings is 1. The van der Waals surface area contributed by atoms with Crippen molar-refractivity contribution in [2.75, 3.05) is 26.2 Å². The topological polar surface area (TPSA) is 59.3 Å². The molecule has 1 unspecified atom stereocenters. The van der Waals surface area contributed by atoms with Gasteiger partial charge in [0, 0.05) is 38.6 Å². The fourth-order valence-corrected chi connectivity index (χ4v) is 2.51. The van der Waals surface area contributed by atoms with E-state index in [0.29, 0.717) is 13.0 Å². The summed E-state index contributed by atoms with van der Waals surface area (Å²) in [6, 6.07) is 12.7. The molecule has 102 valence electrons. The summed E-state index contributed by atoms with van der Waals surface area (Å²) in [4.78, 5) is 2.28. The Bertz CT molecular complexity index is 415. The number of hydrogen-bond acceptors (Lipinski definition) is 4. The first kappa shape index (κ1) is 14.0. The van der Waals surface area contributed by atoms with Crippen molar-refractivity contribution < 1.29 is 5.11 Å². The van der Waals surface area contributed by atoms with Crippen molar-refractivity contribution in [1.29, 1.82) is 5.26 Å². The summed E-state index contributed by atoms with van der Waals surface area (Å²) in [5.74, 6) is 0. The van der Waals surface area contributed by atoms with E-state index in [0.717, 1.165) is 26.1 Å². The van der Waals surface area contributed by atoms with Crippen LogP contribution in [0.4, 0.5) is 0 Å². The van der Waals surface area contributed by atoms with Crippen LogP contribution in [0.15, 0.2) is 30.3 Å². The van der Waals surface area contributed by atoms with Gasteiger partial charge in [-0.25, -0.2) is 0 Å². The third-order valence-corrected chi connectivity index (χ3v) is 3.52. The highest BCUT2D eigenvalue weighted by Crippen LogP contribution is 2.17. The van der Waals surface area contributed by atoms with E-state index in [1.807, 2.05) is 18.2 Å². The number of aliphatic hydroxyl groups is 1. The Morgan fingerprint density at radius 2 is 2.21 bits per heavy atom. The predicted octanol–water partition coefficient (Wildman–Crippen LogP) is 1.30. The summed E-state index contributed by atoms with van der Waals surface area (Å²) < 4.78 is 0. The highest BCUT2D eigenvalue weighted by Gasteiger charge is 2.23. The zero-order valence-electron chi connectivity index (χ0n) is 11.1. The van der Waals surface area contributed by atoms with Gasteiger partial charge in [0.1, 0.15) is 0 Å². The van der Waals surface area contributed by atoms with Crippen molar-refractivity contribution in [3.05, 3.63) is 35.9 Å². The lowest BCUT2D eigenvalue weighted by Gasteiger charge is -2.24. The average molecular weight is 259 g/mol. The number of rotatable bonds is 6. The lowest BCUT2D eigenvalue weighted by molar-refractivity contribution is 0.172. The van der Waals surface area contributed by atoms with E-state index in [1.54, 1.807) is 0 Å². The number of nitrogens with one attached hydrogen (secondary N) is 1. The minimum absolute atomic E-state index is 0.185. The van der Waals surface area contributed by atoms with Gasteiger partial charge in [0.05, 0.1) is 12.2 Å². The molecule has 0 aliphatic carbocycles. The highest BCUT2D eigenvalue weighted by molar-refractivity contribution is 5.19. The summed E-state index contributed by atoms with van der Waals surface area (Å²) in [6.45, 7) is 3.28. The second-order valence-electron chi connectivity index (χ2n) is 5.03. The van der Waals surface area contributed by atoms with E-state index in [-0.39, 0.29) is 12.1 Å². The van der Waals surface area contributed by atoms with Gasteiger partial charge in [0.15, 0.2) is 0 Å². The molecule has 0 radical (unpaired) electrons. The molecule has 1 heterocycles. The van der Waals surface area contributed by atoms with E-state index in [4.69, 9.17) is 5.26 Å². The lowest BCUT2D eigenvalue weighted by Crippen LogP contribution is -2.35. The maximum Gasteiger partial charge on any atom is 0.0679 e. The number of nitriles is 1. The SMILES string of the molecule is N#CCCNC(CN1CC[C@H](O)C1)c1ccccc1. The van der Waals surface area contributed by atoms with Crippen LogP contribution in [0.1, 0.15) is 24.4 Å². The average Bonchev–Trinajstić information content (AvgIpc) is 2.84. The molecule has 1 aromatic carbocycles. The smallest absolute Gasteiger partial charge is 0.0679 e. The third-order valence-electron chi connectivity index (χ3n) is 3.52. The number of nitrogens with zero attached hydrogens (tertiary/aromatic N) is 2. The fourth-order valence-electron chi connectivity index (χ4n) is 2.51. The molecule has 19 heavy (non-hydrogen) atoms. The summed E-state index contributed by atoms with van der Waals surface area (Å²) in [5, 5.41) is 21.7. The Balaban J connectivity index is 1.96. The first-order valence-electron chi connectivity index (χ1n) is 6.85. The van der Waals surface area contributed by atoms with E-state index in [2.05, 4.69) is 28.4 Å². The Labute approximate surface area is 114 Å². The van der Waals surface area contributed by atoms with Crippen LogP contribution in [-0.2, 0) is 0 Å². The van der Waals surface area contributed by atoms with Crippen molar-refractivity contribution in [2.45, 2.75) is 25.0 Å². The standard InChI is InChI=1S/C15H21N3O/c16-8-4-9-17-15(13-5-2-1-3-6-13)12-18-10-7-14(19)11-18/h1-3,5-6,14-15,17,19H,4,7,9-12H2/t14-,15?/m0/s1. The van der Waals surface area contributed by atoms with Crippen molar-refractivity contribution >= 4 is 0 Å². The van der Waals surface area contributed by atoms with Gasteiger partial charge in [-0.05, 0) is 12.0 Å². The molecular formula is C15H21N3O. The van der Waals surface area contributed by atoms with Crippen LogP contribution < -0.4 is 5.32 Å². The van der Waals surface area contributed by atoms with Gasteiger partial charge < -0.3 is 10.4 Å². The van der Waals surface area contributed by atoms with Crippen molar-refractivity contribution in [3.63, 3.8) is 0 Å².